The van der Waals surface area contributed by atoms with Crippen molar-refractivity contribution in [1.29, 1.82) is 0 Å². The number of rotatable bonds is 4. The zero-order valence-electron chi connectivity index (χ0n) is 14.5. The van der Waals surface area contributed by atoms with Gasteiger partial charge in [-0.25, -0.2) is 8.42 Å². The van der Waals surface area contributed by atoms with Crippen molar-refractivity contribution in [2.45, 2.75) is 45.1 Å². The molecule has 1 fully saturated rings. The molecule has 3 unspecified atom stereocenters. The number of amides is 1. The van der Waals surface area contributed by atoms with Gasteiger partial charge in [0.2, 0.25) is 5.91 Å². The van der Waals surface area contributed by atoms with E-state index in [1.807, 2.05) is 25.1 Å². The smallest absolute Gasteiger partial charge is 0.240 e. The fourth-order valence-corrected chi connectivity index (χ4v) is 4.76. The van der Waals surface area contributed by atoms with Crippen LogP contribution < -0.4 is 0 Å². The summed E-state index contributed by atoms with van der Waals surface area (Å²) >= 11 is 0. The molecule has 0 saturated carbocycles. The number of carbonyl (C=O) groups excluding carboxylic acids is 1. The predicted octanol–water partition coefficient (Wildman–Crippen LogP) is 2.80. The van der Waals surface area contributed by atoms with Crippen LogP contribution in [0.1, 0.15) is 38.3 Å². The second-order valence-corrected chi connectivity index (χ2v) is 9.45. The molecule has 23 heavy (non-hydrogen) atoms. The fraction of sp³-hybridized carbons (Fsp3) is 0.611. The maximum Gasteiger partial charge on any atom is 0.240 e. The van der Waals surface area contributed by atoms with Crippen LogP contribution in [-0.4, -0.2) is 37.6 Å². The lowest BCUT2D eigenvalue weighted by molar-refractivity contribution is -0.133. The number of hydrogen-bond donors (Lipinski definition) is 0. The molecule has 1 aliphatic heterocycles. The Kier molecular flexibility index (Phi) is 5.50. The first-order chi connectivity index (χ1) is 10.7. The molecular formula is C18H27NO3S. The number of likely N-dealkylation sites (tertiary alicyclic amines) is 1. The minimum Gasteiger partial charge on any atom is -0.341 e. The standard InChI is InChI=1S/C18H27NO3S/c1-13-6-5-7-17(9-13)12-23(21,22)16(4)18(20)19-10-14(2)8-15(3)11-19/h5-7,9,14-16H,8,10-12H2,1-4H3. The summed E-state index contributed by atoms with van der Waals surface area (Å²) in [5.41, 5.74) is 1.76. The molecule has 1 saturated heterocycles. The summed E-state index contributed by atoms with van der Waals surface area (Å²) in [6, 6.07) is 7.44. The topological polar surface area (TPSA) is 54.5 Å². The van der Waals surface area contributed by atoms with E-state index in [2.05, 4.69) is 13.8 Å². The lowest BCUT2D eigenvalue weighted by Crippen LogP contribution is -2.48. The molecule has 0 spiro atoms. The van der Waals surface area contributed by atoms with E-state index in [0.29, 0.717) is 24.9 Å². The van der Waals surface area contributed by atoms with Gasteiger partial charge in [0.25, 0.3) is 0 Å². The van der Waals surface area contributed by atoms with Crippen LogP contribution in [0, 0.1) is 18.8 Å². The minimum absolute atomic E-state index is 0.0828. The molecule has 5 heteroatoms. The van der Waals surface area contributed by atoms with Gasteiger partial charge in [-0.05, 0) is 37.7 Å². The lowest BCUT2D eigenvalue weighted by Gasteiger charge is -2.36. The van der Waals surface area contributed by atoms with Crippen molar-refractivity contribution in [3.05, 3.63) is 35.4 Å². The van der Waals surface area contributed by atoms with E-state index < -0.39 is 15.1 Å². The van der Waals surface area contributed by atoms with Crippen LogP contribution >= 0.6 is 0 Å². The number of piperidine rings is 1. The second kappa shape index (κ2) is 7.04. The Balaban J connectivity index is 2.11. The maximum atomic E-state index is 12.6. The molecule has 0 radical (unpaired) electrons. The molecule has 0 bridgehead atoms. The zero-order chi connectivity index (χ0) is 17.2. The first kappa shape index (κ1) is 18.0. The van der Waals surface area contributed by atoms with Crippen molar-refractivity contribution in [1.82, 2.24) is 4.90 Å². The van der Waals surface area contributed by atoms with Gasteiger partial charge in [-0.15, -0.1) is 0 Å². The molecule has 1 amide bonds. The quantitative estimate of drug-likeness (QED) is 0.849. The van der Waals surface area contributed by atoms with E-state index in [-0.39, 0.29) is 11.7 Å². The van der Waals surface area contributed by atoms with Crippen molar-refractivity contribution in [3.63, 3.8) is 0 Å². The fourth-order valence-electron chi connectivity index (χ4n) is 3.41. The number of aryl methyl sites for hydroxylation is 1. The Bertz CT molecular complexity index is 659. The molecule has 0 aliphatic carbocycles. The average molecular weight is 337 g/mol. The van der Waals surface area contributed by atoms with Crippen molar-refractivity contribution in [2.24, 2.45) is 11.8 Å². The summed E-state index contributed by atoms with van der Waals surface area (Å²) in [4.78, 5) is 14.4. The van der Waals surface area contributed by atoms with Crippen LogP contribution in [0.25, 0.3) is 0 Å². The first-order valence-electron chi connectivity index (χ1n) is 8.25. The molecule has 1 heterocycles. The molecule has 0 aromatic heterocycles. The van der Waals surface area contributed by atoms with Crippen molar-refractivity contribution in [2.75, 3.05) is 13.1 Å². The molecule has 0 N–H and O–H groups in total. The van der Waals surface area contributed by atoms with Gasteiger partial charge in [-0.2, -0.15) is 0 Å². The Morgan fingerprint density at radius 2 is 1.87 bits per heavy atom. The highest BCUT2D eigenvalue weighted by Gasteiger charge is 2.34. The summed E-state index contributed by atoms with van der Waals surface area (Å²) in [5.74, 6) is 0.514. The third-order valence-corrected chi connectivity index (χ3v) is 6.53. The molecule has 3 atom stereocenters. The van der Waals surface area contributed by atoms with Gasteiger partial charge >= 0.3 is 0 Å². The van der Waals surface area contributed by atoms with Crippen LogP contribution in [0.4, 0.5) is 0 Å². The highest BCUT2D eigenvalue weighted by Crippen LogP contribution is 2.23. The van der Waals surface area contributed by atoms with Crippen LogP contribution in [0.5, 0.6) is 0 Å². The van der Waals surface area contributed by atoms with Crippen LogP contribution in [0.3, 0.4) is 0 Å². The van der Waals surface area contributed by atoms with Crippen LogP contribution in [-0.2, 0) is 20.4 Å². The predicted molar refractivity (Wildman–Crippen MR) is 92.8 cm³/mol. The highest BCUT2D eigenvalue weighted by atomic mass is 32.2. The number of carbonyl (C=O) groups is 1. The maximum absolute atomic E-state index is 12.6. The number of hydrogen-bond acceptors (Lipinski definition) is 3. The van der Waals surface area contributed by atoms with Gasteiger partial charge in [-0.3, -0.25) is 4.79 Å². The average Bonchev–Trinajstić information content (AvgIpc) is 2.44. The summed E-state index contributed by atoms with van der Waals surface area (Å²) in [7, 11) is -3.50. The largest absolute Gasteiger partial charge is 0.341 e. The van der Waals surface area contributed by atoms with Crippen molar-refractivity contribution < 1.29 is 13.2 Å². The number of sulfone groups is 1. The highest BCUT2D eigenvalue weighted by molar-refractivity contribution is 7.92. The monoisotopic (exact) mass is 337 g/mol. The summed E-state index contributed by atoms with van der Waals surface area (Å²) < 4.78 is 25.2. The molecule has 1 aliphatic rings. The Morgan fingerprint density at radius 1 is 1.26 bits per heavy atom. The van der Waals surface area contributed by atoms with Crippen LogP contribution in [0.2, 0.25) is 0 Å². The van der Waals surface area contributed by atoms with Crippen molar-refractivity contribution in [3.8, 4) is 0 Å². The second-order valence-electron chi connectivity index (χ2n) is 7.13. The Hall–Kier alpha value is -1.36. The number of nitrogens with zero attached hydrogens (tertiary/aromatic N) is 1. The summed E-state index contributed by atoms with van der Waals surface area (Å²) in [6.45, 7) is 9.00. The zero-order valence-corrected chi connectivity index (χ0v) is 15.3. The van der Waals surface area contributed by atoms with Gasteiger partial charge in [0.1, 0.15) is 5.25 Å². The van der Waals surface area contributed by atoms with Crippen LogP contribution in [0.15, 0.2) is 24.3 Å². The molecule has 128 valence electrons. The molecule has 4 nitrogen and oxygen atoms in total. The van der Waals surface area contributed by atoms with E-state index in [1.165, 1.54) is 6.92 Å². The van der Waals surface area contributed by atoms with E-state index >= 15 is 0 Å². The third kappa shape index (κ3) is 4.56. The van der Waals surface area contributed by atoms with E-state index in [9.17, 15) is 13.2 Å². The third-order valence-electron chi connectivity index (χ3n) is 4.52. The Labute approximate surface area is 139 Å². The van der Waals surface area contributed by atoms with Gasteiger partial charge < -0.3 is 4.90 Å². The lowest BCUT2D eigenvalue weighted by atomic mass is 9.92. The van der Waals surface area contributed by atoms with Gasteiger partial charge in [-0.1, -0.05) is 43.7 Å². The molecule has 1 aromatic carbocycles. The summed E-state index contributed by atoms with van der Waals surface area (Å²) in [6.07, 6.45) is 1.09. The van der Waals surface area contributed by atoms with Gasteiger partial charge in [0, 0.05) is 13.1 Å². The minimum atomic E-state index is -3.50. The summed E-state index contributed by atoms with van der Waals surface area (Å²) in [5, 5.41) is -0.986. The normalized spacial score (nSPS) is 23.6. The van der Waals surface area contributed by atoms with Gasteiger partial charge in [0.15, 0.2) is 9.84 Å². The van der Waals surface area contributed by atoms with E-state index in [4.69, 9.17) is 0 Å². The molecule has 1 aromatic rings. The number of benzene rings is 1. The SMILES string of the molecule is Cc1cccc(CS(=O)(=O)C(C)C(=O)N2CC(C)CC(C)C2)c1. The van der Waals surface area contributed by atoms with E-state index in [1.54, 1.807) is 11.0 Å². The first-order valence-corrected chi connectivity index (χ1v) is 9.96. The Morgan fingerprint density at radius 3 is 2.43 bits per heavy atom. The van der Waals surface area contributed by atoms with Gasteiger partial charge in [0.05, 0.1) is 5.75 Å². The molecule has 2 rings (SSSR count). The van der Waals surface area contributed by atoms with E-state index in [0.717, 1.165) is 17.5 Å². The molecular weight excluding hydrogens is 310 g/mol. The van der Waals surface area contributed by atoms with Crippen molar-refractivity contribution >= 4 is 15.7 Å².